The molecule has 114 valence electrons. The van der Waals surface area contributed by atoms with Crippen molar-refractivity contribution in [1.82, 2.24) is 0 Å². The van der Waals surface area contributed by atoms with Gasteiger partial charge < -0.3 is 20.7 Å². The first-order valence-electron chi connectivity index (χ1n) is 6.99. The lowest BCUT2D eigenvalue weighted by atomic mass is 9.92. The first-order chi connectivity index (χ1) is 10.4. The van der Waals surface area contributed by atoms with E-state index in [9.17, 15) is 15.0 Å². The highest BCUT2D eigenvalue weighted by Crippen LogP contribution is 2.46. The number of anilines is 1. The average molecular weight is 299 g/mol. The molecule has 0 saturated carbocycles. The van der Waals surface area contributed by atoms with E-state index >= 15 is 0 Å². The summed E-state index contributed by atoms with van der Waals surface area (Å²) in [6, 6.07) is 6.90. The molecule has 0 amide bonds. The molecule has 5 heteroatoms. The van der Waals surface area contributed by atoms with Crippen molar-refractivity contribution in [2.75, 3.05) is 5.73 Å². The number of carbonyl (C=O) groups excluding carboxylic acids is 1. The van der Waals surface area contributed by atoms with E-state index in [1.54, 1.807) is 38.1 Å². The number of carbonyl (C=O) groups is 1. The summed E-state index contributed by atoms with van der Waals surface area (Å²) in [5, 5.41) is 20.2. The lowest BCUT2D eigenvalue weighted by Gasteiger charge is -2.28. The van der Waals surface area contributed by atoms with Gasteiger partial charge in [0.1, 0.15) is 17.2 Å². The second kappa shape index (κ2) is 4.94. The Morgan fingerprint density at radius 1 is 1.09 bits per heavy atom. The fourth-order valence-corrected chi connectivity index (χ4v) is 2.76. The number of phenols is 2. The molecule has 1 aliphatic heterocycles. The molecule has 3 rings (SSSR count). The number of hydrogen-bond acceptors (Lipinski definition) is 5. The van der Waals surface area contributed by atoms with Gasteiger partial charge in [0.2, 0.25) is 0 Å². The summed E-state index contributed by atoms with van der Waals surface area (Å²) >= 11 is 0. The standard InChI is InChI=1S/C17H17NO4/c1-8-14(20)9(2)16-12(15(8)21)7-13(19)17(22-16)10-3-5-11(18)6-4-10/h3-6,17,20-21H,7,18H2,1-2H3. The quantitative estimate of drug-likeness (QED) is 0.704. The molecular weight excluding hydrogens is 282 g/mol. The molecular formula is C17H17NO4. The van der Waals surface area contributed by atoms with Gasteiger partial charge in [0.15, 0.2) is 11.9 Å². The van der Waals surface area contributed by atoms with E-state index in [1.807, 2.05) is 0 Å². The fourth-order valence-electron chi connectivity index (χ4n) is 2.76. The summed E-state index contributed by atoms with van der Waals surface area (Å²) in [6.45, 7) is 3.31. The minimum Gasteiger partial charge on any atom is -0.507 e. The van der Waals surface area contributed by atoms with E-state index in [2.05, 4.69) is 0 Å². The van der Waals surface area contributed by atoms with Crippen LogP contribution in [-0.4, -0.2) is 16.0 Å². The number of rotatable bonds is 1. The molecule has 0 aromatic heterocycles. The number of ketones is 1. The number of ether oxygens (including phenoxy) is 1. The van der Waals surface area contributed by atoms with Crippen molar-refractivity contribution in [1.29, 1.82) is 0 Å². The Balaban J connectivity index is 2.09. The van der Waals surface area contributed by atoms with Crippen molar-refractivity contribution >= 4 is 11.5 Å². The van der Waals surface area contributed by atoms with E-state index in [4.69, 9.17) is 10.5 Å². The molecule has 5 nitrogen and oxygen atoms in total. The van der Waals surface area contributed by atoms with Gasteiger partial charge in [0, 0.05) is 34.4 Å². The summed E-state index contributed by atoms with van der Waals surface area (Å²) in [5.74, 6) is 0.142. The summed E-state index contributed by atoms with van der Waals surface area (Å²) in [7, 11) is 0. The Morgan fingerprint density at radius 2 is 1.73 bits per heavy atom. The minimum atomic E-state index is -0.756. The number of benzene rings is 2. The van der Waals surface area contributed by atoms with Gasteiger partial charge in [-0.25, -0.2) is 0 Å². The van der Waals surface area contributed by atoms with E-state index in [0.717, 1.165) is 0 Å². The van der Waals surface area contributed by atoms with Gasteiger partial charge in [-0.1, -0.05) is 12.1 Å². The zero-order chi connectivity index (χ0) is 16.0. The van der Waals surface area contributed by atoms with Crippen LogP contribution in [0.2, 0.25) is 0 Å². The number of nitrogens with two attached hydrogens (primary N) is 1. The molecule has 1 atom stereocenters. The summed E-state index contributed by atoms with van der Waals surface area (Å²) in [5.41, 5.74) is 8.28. The third kappa shape index (κ3) is 2.06. The van der Waals surface area contributed by atoms with Crippen LogP contribution in [0.1, 0.15) is 28.4 Å². The van der Waals surface area contributed by atoms with Crippen LogP contribution in [0.4, 0.5) is 5.69 Å². The molecule has 1 unspecified atom stereocenters. The number of hydrogen-bond donors (Lipinski definition) is 3. The number of fused-ring (bicyclic) bond motifs is 1. The van der Waals surface area contributed by atoms with Crippen LogP contribution in [0.15, 0.2) is 24.3 Å². The van der Waals surface area contributed by atoms with Gasteiger partial charge in [-0.3, -0.25) is 4.79 Å². The molecule has 22 heavy (non-hydrogen) atoms. The van der Waals surface area contributed by atoms with Gasteiger partial charge in [0.05, 0.1) is 0 Å². The highest BCUT2D eigenvalue weighted by atomic mass is 16.5. The largest absolute Gasteiger partial charge is 0.507 e. The molecule has 4 N–H and O–H groups in total. The molecule has 1 heterocycles. The number of nitrogen functional groups attached to an aromatic ring is 1. The Morgan fingerprint density at radius 3 is 2.36 bits per heavy atom. The molecule has 0 fully saturated rings. The molecule has 2 aromatic carbocycles. The van der Waals surface area contributed by atoms with E-state index in [-0.39, 0.29) is 23.7 Å². The molecule has 0 radical (unpaired) electrons. The van der Waals surface area contributed by atoms with Gasteiger partial charge in [-0.15, -0.1) is 0 Å². The first-order valence-corrected chi connectivity index (χ1v) is 6.99. The van der Waals surface area contributed by atoms with Crippen LogP contribution in [-0.2, 0) is 11.2 Å². The predicted octanol–water partition coefficient (Wildman–Crippen LogP) is 2.54. The zero-order valence-corrected chi connectivity index (χ0v) is 12.4. The van der Waals surface area contributed by atoms with Gasteiger partial charge >= 0.3 is 0 Å². The zero-order valence-electron chi connectivity index (χ0n) is 12.4. The van der Waals surface area contributed by atoms with E-state index in [0.29, 0.717) is 33.7 Å². The molecule has 1 aliphatic rings. The van der Waals surface area contributed by atoms with Gasteiger partial charge in [0.25, 0.3) is 0 Å². The summed E-state index contributed by atoms with van der Waals surface area (Å²) in [4.78, 5) is 12.4. The van der Waals surface area contributed by atoms with Crippen molar-refractivity contribution in [3.05, 3.63) is 46.5 Å². The summed E-state index contributed by atoms with van der Waals surface area (Å²) < 4.78 is 5.81. The molecule has 2 aromatic rings. The average Bonchev–Trinajstić information content (AvgIpc) is 2.51. The Bertz CT molecular complexity index is 765. The van der Waals surface area contributed by atoms with Crippen LogP contribution >= 0.6 is 0 Å². The Labute approximate surface area is 128 Å². The molecule has 0 aliphatic carbocycles. The maximum absolute atomic E-state index is 12.4. The summed E-state index contributed by atoms with van der Waals surface area (Å²) in [6.07, 6.45) is -0.689. The van der Waals surface area contributed by atoms with Crippen LogP contribution in [0.3, 0.4) is 0 Å². The Kier molecular flexibility index (Phi) is 3.20. The molecule has 0 bridgehead atoms. The van der Waals surface area contributed by atoms with E-state index in [1.165, 1.54) is 0 Å². The normalized spacial score (nSPS) is 17.0. The van der Waals surface area contributed by atoms with Crippen LogP contribution in [0, 0.1) is 13.8 Å². The number of phenolic OH excluding ortho intramolecular Hbond substituents is 2. The second-order valence-electron chi connectivity index (χ2n) is 5.56. The second-order valence-corrected chi connectivity index (χ2v) is 5.56. The highest BCUT2D eigenvalue weighted by molar-refractivity contribution is 5.90. The number of Topliss-reactive ketones (excluding diaryl/α,β-unsaturated/α-hetero) is 1. The van der Waals surface area contributed by atoms with Crippen LogP contribution in [0.25, 0.3) is 0 Å². The maximum Gasteiger partial charge on any atom is 0.182 e. The van der Waals surface area contributed by atoms with Crippen molar-refractivity contribution in [2.45, 2.75) is 26.4 Å². The smallest absolute Gasteiger partial charge is 0.182 e. The maximum atomic E-state index is 12.4. The van der Waals surface area contributed by atoms with Crippen molar-refractivity contribution in [2.24, 2.45) is 0 Å². The lowest BCUT2D eigenvalue weighted by molar-refractivity contribution is -0.126. The first kappa shape index (κ1) is 14.3. The topological polar surface area (TPSA) is 92.8 Å². The monoisotopic (exact) mass is 299 g/mol. The minimum absolute atomic E-state index is 0.0124. The van der Waals surface area contributed by atoms with Crippen molar-refractivity contribution < 1.29 is 19.7 Å². The van der Waals surface area contributed by atoms with Crippen molar-refractivity contribution in [3.63, 3.8) is 0 Å². The lowest BCUT2D eigenvalue weighted by Crippen LogP contribution is -2.26. The van der Waals surface area contributed by atoms with Gasteiger partial charge in [-0.05, 0) is 26.0 Å². The predicted molar refractivity (Wildman–Crippen MR) is 82.2 cm³/mol. The SMILES string of the molecule is Cc1c(O)c(C)c2c(c1O)CC(=O)C(c1ccc(N)cc1)O2. The third-order valence-electron chi connectivity index (χ3n) is 4.08. The third-order valence-corrected chi connectivity index (χ3v) is 4.08. The van der Waals surface area contributed by atoms with E-state index < -0.39 is 6.10 Å². The fraction of sp³-hybridized carbons (Fsp3) is 0.235. The van der Waals surface area contributed by atoms with Crippen molar-refractivity contribution in [3.8, 4) is 17.2 Å². The molecule has 0 saturated heterocycles. The van der Waals surface area contributed by atoms with Crippen LogP contribution in [0.5, 0.6) is 17.2 Å². The Hall–Kier alpha value is -2.69. The number of aromatic hydroxyl groups is 2. The molecule has 0 spiro atoms. The van der Waals surface area contributed by atoms with Gasteiger partial charge in [-0.2, -0.15) is 0 Å². The highest BCUT2D eigenvalue weighted by Gasteiger charge is 2.34. The van der Waals surface area contributed by atoms with Crippen LogP contribution < -0.4 is 10.5 Å².